The number of rotatable bonds is 3. The summed E-state index contributed by atoms with van der Waals surface area (Å²) in [4.78, 5) is 16.4. The normalized spacial score (nSPS) is 28.6. The van der Waals surface area contributed by atoms with Crippen LogP contribution in [0.25, 0.3) is 0 Å². The van der Waals surface area contributed by atoms with E-state index in [0.717, 1.165) is 5.75 Å². The molecule has 2 aliphatic heterocycles. The number of carbonyl (C=O) groups is 1. The Hall–Kier alpha value is -1.67. The van der Waals surface area contributed by atoms with Crippen LogP contribution in [0.5, 0.6) is 5.75 Å². The molecule has 7 heteroatoms. The van der Waals surface area contributed by atoms with E-state index in [9.17, 15) is 15.0 Å². The molecule has 0 unspecified atom stereocenters. The van der Waals surface area contributed by atoms with Gasteiger partial charge in [0.2, 0.25) is 0 Å². The summed E-state index contributed by atoms with van der Waals surface area (Å²) in [7, 11) is 1.59. The van der Waals surface area contributed by atoms with Crippen LogP contribution in [-0.4, -0.2) is 90.7 Å². The van der Waals surface area contributed by atoms with Gasteiger partial charge in [-0.25, -0.2) is 0 Å². The standard InChI is InChI=1S/C17H24N2O5/c1-23-13-4-2-12(3-5-13)17(22)19-8-6-18(7-9-19)14-10-24-11-15(20)16(14)21/h2-5,14-16,20-21H,6-11H2,1H3/t14-,15-,16+/m1/s1. The molecule has 2 heterocycles. The Balaban J connectivity index is 1.57. The second-order valence-electron chi connectivity index (χ2n) is 6.22. The molecule has 0 spiro atoms. The topological polar surface area (TPSA) is 82.5 Å². The largest absolute Gasteiger partial charge is 0.497 e. The summed E-state index contributed by atoms with van der Waals surface area (Å²) in [5.41, 5.74) is 0.640. The summed E-state index contributed by atoms with van der Waals surface area (Å²) in [6, 6.07) is 6.87. The first-order valence-electron chi connectivity index (χ1n) is 8.21. The van der Waals surface area contributed by atoms with Crippen LogP contribution >= 0.6 is 0 Å². The number of methoxy groups -OCH3 is 1. The zero-order chi connectivity index (χ0) is 17.1. The number of benzene rings is 1. The molecule has 3 atom stereocenters. The number of aliphatic hydroxyl groups excluding tert-OH is 2. The predicted molar refractivity (Wildman–Crippen MR) is 87.1 cm³/mol. The smallest absolute Gasteiger partial charge is 0.253 e. The van der Waals surface area contributed by atoms with E-state index in [2.05, 4.69) is 4.90 Å². The molecule has 2 N–H and O–H groups in total. The number of hydrogen-bond donors (Lipinski definition) is 2. The van der Waals surface area contributed by atoms with Crippen LogP contribution in [0, 0.1) is 0 Å². The van der Waals surface area contributed by atoms with Gasteiger partial charge in [0.1, 0.15) is 11.9 Å². The zero-order valence-electron chi connectivity index (χ0n) is 13.8. The average molecular weight is 336 g/mol. The fourth-order valence-corrected chi connectivity index (χ4v) is 3.26. The van der Waals surface area contributed by atoms with E-state index in [1.807, 2.05) is 4.90 Å². The Bertz CT molecular complexity index is 557. The number of aliphatic hydroxyl groups is 2. The van der Waals surface area contributed by atoms with Crippen molar-refractivity contribution in [2.75, 3.05) is 46.5 Å². The van der Waals surface area contributed by atoms with Gasteiger partial charge in [0, 0.05) is 31.7 Å². The van der Waals surface area contributed by atoms with E-state index in [4.69, 9.17) is 9.47 Å². The number of ether oxygens (including phenoxy) is 2. The third-order valence-electron chi connectivity index (χ3n) is 4.77. The van der Waals surface area contributed by atoms with E-state index >= 15 is 0 Å². The number of amides is 1. The molecule has 0 bridgehead atoms. The van der Waals surface area contributed by atoms with Crippen LogP contribution in [-0.2, 0) is 4.74 Å². The van der Waals surface area contributed by atoms with Gasteiger partial charge in [-0.2, -0.15) is 0 Å². The van der Waals surface area contributed by atoms with Gasteiger partial charge in [0.25, 0.3) is 5.91 Å². The summed E-state index contributed by atoms with van der Waals surface area (Å²) in [6.07, 6.45) is -1.65. The first-order chi connectivity index (χ1) is 11.6. The Morgan fingerprint density at radius 3 is 2.42 bits per heavy atom. The summed E-state index contributed by atoms with van der Waals surface area (Å²) >= 11 is 0. The minimum atomic E-state index is -0.845. The van der Waals surface area contributed by atoms with E-state index in [1.54, 1.807) is 31.4 Å². The van der Waals surface area contributed by atoms with Crippen molar-refractivity contribution < 1.29 is 24.5 Å². The molecule has 2 fully saturated rings. The van der Waals surface area contributed by atoms with E-state index < -0.39 is 12.2 Å². The van der Waals surface area contributed by atoms with Crippen molar-refractivity contribution in [3.05, 3.63) is 29.8 Å². The number of hydrogen-bond acceptors (Lipinski definition) is 6. The Kier molecular flexibility index (Phi) is 5.35. The Labute approximate surface area is 141 Å². The molecule has 1 aromatic rings. The third-order valence-corrected chi connectivity index (χ3v) is 4.77. The summed E-state index contributed by atoms with van der Waals surface area (Å²) in [6.45, 7) is 3.06. The molecule has 0 aliphatic carbocycles. The van der Waals surface area contributed by atoms with Gasteiger partial charge in [-0.1, -0.05) is 0 Å². The minimum Gasteiger partial charge on any atom is -0.497 e. The Morgan fingerprint density at radius 1 is 1.12 bits per heavy atom. The number of carbonyl (C=O) groups excluding carboxylic acids is 1. The first kappa shape index (κ1) is 17.2. The fraction of sp³-hybridized carbons (Fsp3) is 0.588. The van der Waals surface area contributed by atoms with Crippen LogP contribution in [0.4, 0.5) is 0 Å². The van der Waals surface area contributed by atoms with E-state index in [1.165, 1.54) is 0 Å². The quantitative estimate of drug-likeness (QED) is 0.780. The second kappa shape index (κ2) is 7.48. The van der Waals surface area contributed by atoms with Gasteiger partial charge < -0.3 is 24.6 Å². The first-order valence-corrected chi connectivity index (χ1v) is 8.21. The zero-order valence-corrected chi connectivity index (χ0v) is 13.8. The van der Waals surface area contributed by atoms with Crippen LogP contribution in [0.1, 0.15) is 10.4 Å². The van der Waals surface area contributed by atoms with E-state index in [0.29, 0.717) is 38.3 Å². The lowest BCUT2D eigenvalue weighted by atomic mass is 10.0. The summed E-state index contributed by atoms with van der Waals surface area (Å²) < 4.78 is 10.4. The Morgan fingerprint density at radius 2 is 1.79 bits per heavy atom. The molecule has 3 rings (SSSR count). The highest BCUT2D eigenvalue weighted by Crippen LogP contribution is 2.19. The lowest BCUT2D eigenvalue weighted by Crippen LogP contribution is -2.60. The van der Waals surface area contributed by atoms with Crippen molar-refractivity contribution in [2.45, 2.75) is 18.2 Å². The molecular formula is C17H24N2O5. The maximum absolute atomic E-state index is 12.6. The number of nitrogens with zero attached hydrogens (tertiary/aromatic N) is 2. The molecule has 0 radical (unpaired) electrons. The van der Waals surface area contributed by atoms with Crippen molar-refractivity contribution in [1.82, 2.24) is 9.80 Å². The average Bonchev–Trinajstić information content (AvgIpc) is 2.64. The molecule has 2 saturated heterocycles. The van der Waals surface area contributed by atoms with Gasteiger partial charge in [-0.05, 0) is 24.3 Å². The lowest BCUT2D eigenvalue weighted by molar-refractivity contribution is -0.136. The van der Waals surface area contributed by atoms with Crippen LogP contribution < -0.4 is 4.74 Å². The number of piperazine rings is 1. The highest BCUT2D eigenvalue weighted by atomic mass is 16.5. The molecule has 24 heavy (non-hydrogen) atoms. The molecule has 7 nitrogen and oxygen atoms in total. The van der Waals surface area contributed by atoms with Crippen molar-refractivity contribution in [2.24, 2.45) is 0 Å². The molecule has 132 valence electrons. The molecule has 2 aliphatic rings. The van der Waals surface area contributed by atoms with Crippen LogP contribution in [0.3, 0.4) is 0 Å². The van der Waals surface area contributed by atoms with Crippen molar-refractivity contribution >= 4 is 5.91 Å². The monoisotopic (exact) mass is 336 g/mol. The van der Waals surface area contributed by atoms with Crippen LogP contribution in [0.2, 0.25) is 0 Å². The summed E-state index contributed by atoms with van der Waals surface area (Å²) in [5.74, 6) is 0.721. The molecule has 0 aromatic heterocycles. The highest BCUT2D eigenvalue weighted by Gasteiger charge is 2.37. The maximum Gasteiger partial charge on any atom is 0.253 e. The van der Waals surface area contributed by atoms with Crippen LogP contribution in [0.15, 0.2) is 24.3 Å². The van der Waals surface area contributed by atoms with Gasteiger partial charge in [-0.15, -0.1) is 0 Å². The van der Waals surface area contributed by atoms with Crippen molar-refractivity contribution in [1.29, 1.82) is 0 Å². The van der Waals surface area contributed by atoms with Gasteiger partial charge in [-0.3, -0.25) is 9.69 Å². The predicted octanol–water partition coefficient (Wildman–Crippen LogP) is -0.426. The SMILES string of the molecule is COc1ccc(C(=O)N2CCN([C@@H]3COC[C@@H](O)[C@H]3O)CC2)cc1. The molecule has 0 saturated carbocycles. The molecular weight excluding hydrogens is 312 g/mol. The lowest BCUT2D eigenvalue weighted by Gasteiger charge is -2.43. The van der Waals surface area contributed by atoms with E-state index in [-0.39, 0.29) is 18.6 Å². The fourth-order valence-electron chi connectivity index (χ4n) is 3.26. The molecule has 1 aromatic carbocycles. The van der Waals surface area contributed by atoms with Crippen molar-refractivity contribution in [3.8, 4) is 5.75 Å². The van der Waals surface area contributed by atoms with Gasteiger partial charge >= 0.3 is 0 Å². The molecule has 1 amide bonds. The third kappa shape index (κ3) is 3.54. The maximum atomic E-state index is 12.6. The highest BCUT2D eigenvalue weighted by molar-refractivity contribution is 5.94. The van der Waals surface area contributed by atoms with Gasteiger partial charge in [0.05, 0.1) is 32.5 Å². The summed E-state index contributed by atoms with van der Waals surface area (Å²) in [5, 5.41) is 19.9. The van der Waals surface area contributed by atoms with Gasteiger partial charge in [0.15, 0.2) is 0 Å². The second-order valence-corrected chi connectivity index (χ2v) is 6.22. The van der Waals surface area contributed by atoms with Crippen molar-refractivity contribution in [3.63, 3.8) is 0 Å². The minimum absolute atomic E-state index is 0.00206.